The van der Waals surface area contributed by atoms with Crippen LogP contribution in [0.3, 0.4) is 0 Å². The van der Waals surface area contributed by atoms with E-state index < -0.39 is 0 Å². The molecule has 0 aliphatic heterocycles. The van der Waals surface area contributed by atoms with Crippen molar-refractivity contribution < 1.29 is 0 Å². The molecule has 0 amide bonds. The summed E-state index contributed by atoms with van der Waals surface area (Å²) in [7, 11) is 0. The van der Waals surface area contributed by atoms with E-state index in [0.29, 0.717) is 12.1 Å². The lowest BCUT2D eigenvalue weighted by Crippen LogP contribution is -2.23. The fraction of sp³-hybridized carbons (Fsp3) is 0.333. The van der Waals surface area contributed by atoms with Gasteiger partial charge in [0.2, 0.25) is 0 Å². The van der Waals surface area contributed by atoms with Gasteiger partial charge in [-0.3, -0.25) is 0 Å². The molecule has 0 radical (unpaired) electrons. The first-order valence-corrected chi connectivity index (χ1v) is 7.85. The molecule has 2 aromatic rings. The highest BCUT2D eigenvalue weighted by molar-refractivity contribution is 9.10. The highest BCUT2D eigenvalue weighted by atomic mass is 79.9. The smallest absolute Gasteiger partial charge is 0.0300 e. The third-order valence-corrected chi connectivity index (χ3v) is 4.29. The van der Waals surface area contributed by atoms with Gasteiger partial charge in [0.1, 0.15) is 0 Å². The standard InChI is InChI=1S/C18H22BrN/c1-12-5-10-18(13(2)11-12)15(4)20-14(3)16-6-8-17(19)9-7-16/h5-11,14-15,20H,1-4H3. The fourth-order valence-electron chi connectivity index (χ4n) is 2.62. The summed E-state index contributed by atoms with van der Waals surface area (Å²) < 4.78 is 1.12. The molecule has 106 valence electrons. The molecule has 0 spiro atoms. The van der Waals surface area contributed by atoms with Crippen LogP contribution in [-0.2, 0) is 0 Å². The predicted octanol–water partition coefficient (Wildman–Crippen LogP) is 5.48. The van der Waals surface area contributed by atoms with Crippen LogP contribution in [0.4, 0.5) is 0 Å². The lowest BCUT2D eigenvalue weighted by molar-refractivity contribution is 0.493. The molecular formula is C18H22BrN. The van der Waals surface area contributed by atoms with Crippen molar-refractivity contribution in [2.45, 2.75) is 39.8 Å². The van der Waals surface area contributed by atoms with Gasteiger partial charge >= 0.3 is 0 Å². The highest BCUT2D eigenvalue weighted by Gasteiger charge is 2.12. The van der Waals surface area contributed by atoms with Crippen molar-refractivity contribution in [1.82, 2.24) is 5.32 Å². The lowest BCUT2D eigenvalue weighted by atomic mass is 9.99. The number of hydrogen-bond donors (Lipinski definition) is 1. The van der Waals surface area contributed by atoms with Gasteiger partial charge in [-0.05, 0) is 56.5 Å². The van der Waals surface area contributed by atoms with Crippen LogP contribution in [0, 0.1) is 13.8 Å². The van der Waals surface area contributed by atoms with Gasteiger partial charge in [0, 0.05) is 16.6 Å². The Morgan fingerprint density at radius 2 is 1.55 bits per heavy atom. The van der Waals surface area contributed by atoms with E-state index >= 15 is 0 Å². The van der Waals surface area contributed by atoms with Crippen LogP contribution >= 0.6 is 15.9 Å². The van der Waals surface area contributed by atoms with Crippen molar-refractivity contribution in [2.75, 3.05) is 0 Å². The molecule has 20 heavy (non-hydrogen) atoms. The third kappa shape index (κ3) is 3.71. The Labute approximate surface area is 130 Å². The summed E-state index contributed by atoms with van der Waals surface area (Å²) in [6.45, 7) is 8.76. The number of aryl methyl sites for hydroxylation is 2. The summed E-state index contributed by atoms with van der Waals surface area (Å²) in [5, 5.41) is 3.68. The van der Waals surface area contributed by atoms with Crippen LogP contribution in [0.1, 0.15) is 48.2 Å². The zero-order valence-corrected chi connectivity index (χ0v) is 14.2. The SMILES string of the molecule is Cc1ccc(C(C)NC(C)c2ccc(Br)cc2)c(C)c1. The van der Waals surface area contributed by atoms with Crippen molar-refractivity contribution in [1.29, 1.82) is 0 Å². The molecule has 2 unspecified atom stereocenters. The summed E-state index contributed by atoms with van der Waals surface area (Å²) in [6, 6.07) is 15.9. The normalized spacial score (nSPS) is 14.1. The second-order valence-electron chi connectivity index (χ2n) is 5.52. The molecule has 0 saturated heterocycles. The minimum atomic E-state index is 0.332. The molecule has 2 rings (SSSR count). The largest absolute Gasteiger partial charge is 0.304 e. The second kappa shape index (κ2) is 6.55. The number of benzene rings is 2. The number of rotatable bonds is 4. The molecule has 2 atom stereocenters. The molecule has 2 aromatic carbocycles. The molecule has 1 N–H and O–H groups in total. The number of halogens is 1. The summed E-state index contributed by atoms with van der Waals surface area (Å²) in [5.41, 5.74) is 5.36. The van der Waals surface area contributed by atoms with E-state index in [1.54, 1.807) is 0 Å². The van der Waals surface area contributed by atoms with Gasteiger partial charge in [-0.15, -0.1) is 0 Å². The van der Waals surface area contributed by atoms with Gasteiger partial charge < -0.3 is 5.32 Å². The van der Waals surface area contributed by atoms with E-state index in [9.17, 15) is 0 Å². The van der Waals surface area contributed by atoms with Crippen molar-refractivity contribution in [2.24, 2.45) is 0 Å². The Morgan fingerprint density at radius 1 is 0.900 bits per heavy atom. The monoisotopic (exact) mass is 331 g/mol. The first-order chi connectivity index (χ1) is 9.47. The Hall–Kier alpha value is -1.12. The van der Waals surface area contributed by atoms with Crippen LogP contribution in [0.5, 0.6) is 0 Å². The molecule has 0 aliphatic carbocycles. The second-order valence-corrected chi connectivity index (χ2v) is 6.44. The maximum absolute atomic E-state index is 3.68. The van der Waals surface area contributed by atoms with Gasteiger partial charge in [-0.2, -0.15) is 0 Å². The Balaban J connectivity index is 2.10. The van der Waals surface area contributed by atoms with Crippen molar-refractivity contribution in [3.05, 3.63) is 69.2 Å². The summed E-state index contributed by atoms with van der Waals surface area (Å²) in [4.78, 5) is 0. The van der Waals surface area contributed by atoms with Gasteiger partial charge in [0.25, 0.3) is 0 Å². The van der Waals surface area contributed by atoms with Crippen LogP contribution < -0.4 is 5.32 Å². The zero-order valence-electron chi connectivity index (χ0n) is 12.6. The van der Waals surface area contributed by atoms with E-state index in [1.165, 1.54) is 22.3 Å². The quantitative estimate of drug-likeness (QED) is 0.782. The first kappa shape index (κ1) is 15.3. The van der Waals surface area contributed by atoms with Gasteiger partial charge in [-0.25, -0.2) is 0 Å². The minimum absolute atomic E-state index is 0.332. The average molecular weight is 332 g/mol. The molecule has 0 heterocycles. The van der Waals surface area contributed by atoms with Gasteiger partial charge in [-0.1, -0.05) is 51.8 Å². The molecule has 0 aromatic heterocycles. The summed E-state index contributed by atoms with van der Waals surface area (Å²) >= 11 is 3.48. The molecule has 0 fully saturated rings. The van der Waals surface area contributed by atoms with E-state index in [4.69, 9.17) is 0 Å². The van der Waals surface area contributed by atoms with Gasteiger partial charge in [0.05, 0.1) is 0 Å². The lowest BCUT2D eigenvalue weighted by Gasteiger charge is -2.22. The highest BCUT2D eigenvalue weighted by Crippen LogP contribution is 2.23. The summed E-state index contributed by atoms with van der Waals surface area (Å²) in [5.74, 6) is 0. The van der Waals surface area contributed by atoms with Crippen molar-refractivity contribution in [3.63, 3.8) is 0 Å². The maximum Gasteiger partial charge on any atom is 0.0300 e. The molecule has 1 nitrogen and oxygen atoms in total. The van der Waals surface area contributed by atoms with E-state index in [0.717, 1.165) is 4.47 Å². The number of nitrogens with one attached hydrogen (secondary N) is 1. The maximum atomic E-state index is 3.68. The molecule has 0 aliphatic rings. The Bertz CT molecular complexity index is 574. The molecule has 0 bridgehead atoms. The third-order valence-electron chi connectivity index (χ3n) is 3.76. The molecule has 0 saturated carbocycles. The van der Waals surface area contributed by atoms with Crippen LogP contribution in [0.15, 0.2) is 46.9 Å². The van der Waals surface area contributed by atoms with Crippen molar-refractivity contribution >= 4 is 15.9 Å². The molecular weight excluding hydrogens is 310 g/mol. The van der Waals surface area contributed by atoms with Crippen molar-refractivity contribution in [3.8, 4) is 0 Å². The first-order valence-electron chi connectivity index (χ1n) is 7.06. The minimum Gasteiger partial charge on any atom is -0.304 e. The van der Waals surface area contributed by atoms with E-state index in [1.807, 2.05) is 0 Å². The summed E-state index contributed by atoms with van der Waals surface area (Å²) in [6.07, 6.45) is 0. The van der Waals surface area contributed by atoms with Gasteiger partial charge in [0.15, 0.2) is 0 Å². The van der Waals surface area contributed by atoms with Crippen LogP contribution in [-0.4, -0.2) is 0 Å². The Kier molecular flexibility index (Phi) is 5.00. The molecule has 2 heteroatoms. The van der Waals surface area contributed by atoms with E-state index in [-0.39, 0.29) is 0 Å². The van der Waals surface area contributed by atoms with Crippen LogP contribution in [0.2, 0.25) is 0 Å². The Morgan fingerprint density at radius 3 is 2.15 bits per heavy atom. The van der Waals surface area contributed by atoms with E-state index in [2.05, 4.69) is 91.4 Å². The number of hydrogen-bond acceptors (Lipinski definition) is 1. The predicted molar refractivity (Wildman–Crippen MR) is 90.0 cm³/mol. The fourth-order valence-corrected chi connectivity index (χ4v) is 2.89. The zero-order chi connectivity index (χ0) is 14.7. The topological polar surface area (TPSA) is 12.0 Å². The van der Waals surface area contributed by atoms with Crippen LogP contribution in [0.25, 0.3) is 0 Å². The average Bonchev–Trinajstić information content (AvgIpc) is 2.39.